The SMILES string of the molecule is CCNC(=NCCN1C(=O)C2C3C=CC(C3)C2C1=O)NCCOc1ncccc1Cl. The fraction of sp³-hybridized carbons (Fsp3) is 0.524. The van der Waals surface area contributed by atoms with Gasteiger partial charge in [0, 0.05) is 19.3 Å². The van der Waals surface area contributed by atoms with Crippen molar-refractivity contribution < 1.29 is 14.3 Å². The molecule has 8 nitrogen and oxygen atoms in total. The molecule has 2 fully saturated rings. The second-order valence-corrected chi connectivity index (χ2v) is 8.06. The van der Waals surface area contributed by atoms with Crippen LogP contribution in [-0.2, 0) is 9.59 Å². The van der Waals surface area contributed by atoms with Crippen molar-refractivity contribution in [2.75, 3.05) is 32.8 Å². The van der Waals surface area contributed by atoms with Gasteiger partial charge in [0.2, 0.25) is 17.7 Å². The molecule has 0 spiro atoms. The van der Waals surface area contributed by atoms with Gasteiger partial charge in [0.25, 0.3) is 0 Å². The Hall–Kier alpha value is -2.61. The summed E-state index contributed by atoms with van der Waals surface area (Å²) in [7, 11) is 0. The molecule has 0 radical (unpaired) electrons. The van der Waals surface area contributed by atoms with E-state index >= 15 is 0 Å². The molecule has 2 bridgehead atoms. The number of halogens is 1. The summed E-state index contributed by atoms with van der Waals surface area (Å²) in [6.45, 7) is 4.18. The topological polar surface area (TPSA) is 95.9 Å². The molecule has 0 aromatic carbocycles. The summed E-state index contributed by atoms with van der Waals surface area (Å²) in [6, 6.07) is 3.47. The highest BCUT2D eigenvalue weighted by atomic mass is 35.5. The van der Waals surface area contributed by atoms with E-state index in [1.165, 1.54) is 4.90 Å². The van der Waals surface area contributed by atoms with E-state index in [4.69, 9.17) is 16.3 Å². The molecule has 1 saturated heterocycles. The van der Waals surface area contributed by atoms with Crippen molar-refractivity contribution in [3.8, 4) is 5.88 Å². The van der Waals surface area contributed by atoms with Crippen LogP contribution < -0.4 is 15.4 Å². The molecule has 4 atom stereocenters. The van der Waals surface area contributed by atoms with E-state index in [0.29, 0.717) is 49.6 Å². The molecule has 1 aromatic rings. The van der Waals surface area contributed by atoms with Gasteiger partial charge in [-0.1, -0.05) is 23.8 Å². The Labute approximate surface area is 180 Å². The monoisotopic (exact) mass is 431 g/mol. The Morgan fingerprint density at radius 1 is 1.27 bits per heavy atom. The number of nitrogens with zero attached hydrogens (tertiary/aromatic N) is 3. The van der Waals surface area contributed by atoms with Crippen molar-refractivity contribution in [1.82, 2.24) is 20.5 Å². The van der Waals surface area contributed by atoms with Gasteiger partial charge in [-0.25, -0.2) is 4.98 Å². The molecule has 2 N–H and O–H groups in total. The summed E-state index contributed by atoms with van der Waals surface area (Å²) in [5, 5.41) is 6.78. The standard InChI is InChI=1S/C21H26ClN5O3/c1-2-23-21(26-9-11-30-18-15(22)4-3-7-24-18)25-8-10-27-19(28)16-13-5-6-14(12-13)17(16)20(27)29/h3-7,13-14,16-17H,2,8-12H2,1H3,(H2,23,25,26). The number of imide groups is 1. The molecule has 4 rings (SSSR count). The molecule has 2 aliphatic carbocycles. The van der Waals surface area contributed by atoms with E-state index in [2.05, 4.69) is 32.8 Å². The third-order valence-electron chi connectivity index (χ3n) is 5.86. The number of hydrogen-bond acceptors (Lipinski definition) is 5. The Bertz CT molecular complexity index is 844. The van der Waals surface area contributed by atoms with E-state index in [9.17, 15) is 9.59 Å². The lowest BCUT2D eigenvalue weighted by molar-refractivity contribution is -0.140. The first-order valence-corrected chi connectivity index (χ1v) is 10.8. The number of guanidine groups is 1. The fourth-order valence-electron chi connectivity index (χ4n) is 4.58. The first kappa shape index (κ1) is 20.7. The van der Waals surface area contributed by atoms with Gasteiger partial charge in [0.1, 0.15) is 11.6 Å². The van der Waals surface area contributed by atoms with Crippen LogP contribution in [0.4, 0.5) is 0 Å². The van der Waals surface area contributed by atoms with E-state index in [-0.39, 0.29) is 35.5 Å². The van der Waals surface area contributed by atoms with Crippen LogP contribution in [0.1, 0.15) is 13.3 Å². The minimum absolute atomic E-state index is 0.0318. The number of fused-ring (bicyclic) bond motifs is 5. The number of hydrogen-bond donors (Lipinski definition) is 2. The molecule has 2 amide bonds. The van der Waals surface area contributed by atoms with E-state index in [1.807, 2.05) is 6.92 Å². The Morgan fingerprint density at radius 3 is 2.67 bits per heavy atom. The molecule has 1 aliphatic heterocycles. The second-order valence-electron chi connectivity index (χ2n) is 7.65. The maximum Gasteiger partial charge on any atom is 0.233 e. The maximum absolute atomic E-state index is 12.7. The van der Waals surface area contributed by atoms with Crippen LogP contribution >= 0.6 is 11.6 Å². The predicted molar refractivity (Wildman–Crippen MR) is 113 cm³/mol. The van der Waals surface area contributed by atoms with Crippen molar-refractivity contribution in [1.29, 1.82) is 0 Å². The number of carbonyl (C=O) groups is 2. The largest absolute Gasteiger partial charge is 0.475 e. The summed E-state index contributed by atoms with van der Waals surface area (Å²) in [4.78, 5) is 35.4. The number of nitrogens with one attached hydrogen (secondary N) is 2. The summed E-state index contributed by atoms with van der Waals surface area (Å²) in [6.07, 6.45) is 6.77. The lowest BCUT2D eigenvalue weighted by atomic mass is 9.85. The molecule has 1 saturated carbocycles. The van der Waals surface area contributed by atoms with Crippen LogP contribution in [-0.4, -0.2) is 60.4 Å². The quantitative estimate of drug-likeness (QED) is 0.213. The molecule has 2 heterocycles. The number of carbonyl (C=O) groups excluding carboxylic acids is 2. The third kappa shape index (κ3) is 4.01. The number of likely N-dealkylation sites (tertiary alicyclic amines) is 1. The van der Waals surface area contributed by atoms with E-state index < -0.39 is 0 Å². The number of pyridine rings is 1. The van der Waals surface area contributed by atoms with Gasteiger partial charge in [0.05, 0.1) is 24.9 Å². The Balaban J connectivity index is 1.26. The summed E-state index contributed by atoms with van der Waals surface area (Å²) >= 11 is 6.02. The number of allylic oxidation sites excluding steroid dienone is 2. The smallest absolute Gasteiger partial charge is 0.233 e. The number of rotatable bonds is 8. The third-order valence-corrected chi connectivity index (χ3v) is 6.15. The van der Waals surface area contributed by atoms with Crippen molar-refractivity contribution in [3.05, 3.63) is 35.5 Å². The second kappa shape index (κ2) is 9.04. The zero-order valence-corrected chi connectivity index (χ0v) is 17.6. The van der Waals surface area contributed by atoms with Crippen LogP contribution in [0.15, 0.2) is 35.5 Å². The Morgan fingerprint density at radius 2 is 2.00 bits per heavy atom. The number of aliphatic imine (C=N–C) groups is 1. The molecular formula is C21H26ClN5O3. The first-order chi connectivity index (χ1) is 14.6. The van der Waals surface area contributed by atoms with Gasteiger partial charge in [0.15, 0.2) is 5.96 Å². The number of aromatic nitrogens is 1. The van der Waals surface area contributed by atoms with Crippen LogP contribution in [0, 0.1) is 23.7 Å². The van der Waals surface area contributed by atoms with Crippen molar-refractivity contribution in [3.63, 3.8) is 0 Å². The molecular weight excluding hydrogens is 406 g/mol. The van der Waals surface area contributed by atoms with E-state index in [1.54, 1.807) is 18.3 Å². The molecule has 30 heavy (non-hydrogen) atoms. The number of ether oxygens (including phenoxy) is 1. The molecule has 3 aliphatic rings. The minimum atomic E-state index is -0.154. The zero-order chi connectivity index (χ0) is 21.1. The van der Waals surface area contributed by atoms with Crippen LogP contribution in [0.5, 0.6) is 5.88 Å². The molecule has 160 valence electrons. The van der Waals surface area contributed by atoms with Gasteiger partial charge in [-0.15, -0.1) is 0 Å². The van der Waals surface area contributed by atoms with Gasteiger partial charge in [-0.3, -0.25) is 19.5 Å². The summed E-state index contributed by atoms with van der Waals surface area (Å²) in [5.74, 6) is 1.09. The molecule has 1 aromatic heterocycles. The highest BCUT2D eigenvalue weighted by molar-refractivity contribution is 6.31. The average molecular weight is 432 g/mol. The lowest BCUT2D eigenvalue weighted by Gasteiger charge is -2.17. The normalized spacial score (nSPS) is 27.0. The predicted octanol–water partition coefficient (Wildman–Crippen LogP) is 1.48. The minimum Gasteiger partial charge on any atom is -0.475 e. The Kier molecular flexibility index (Phi) is 6.22. The van der Waals surface area contributed by atoms with Crippen molar-refractivity contribution in [2.24, 2.45) is 28.7 Å². The van der Waals surface area contributed by atoms with Crippen LogP contribution in [0.3, 0.4) is 0 Å². The van der Waals surface area contributed by atoms with Crippen molar-refractivity contribution in [2.45, 2.75) is 13.3 Å². The van der Waals surface area contributed by atoms with Gasteiger partial charge in [-0.05, 0) is 37.3 Å². The van der Waals surface area contributed by atoms with Gasteiger partial charge >= 0.3 is 0 Å². The first-order valence-electron chi connectivity index (χ1n) is 10.4. The molecule has 9 heteroatoms. The summed E-state index contributed by atoms with van der Waals surface area (Å²) < 4.78 is 5.56. The highest BCUT2D eigenvalue weighted by Gasteiger charge is 2.58. The molecule has 4 unspecified atom stereocenters. The highest BCUT2D eigenvalue weighted by Crippen LogP contribution is 2.52. The zero-order valence-electron chi connectivity index (χ0n) is 16.9. The average Bonchev–Trinajstić information content (AvgIpc) is 3.42. The van der Waals surface area contributed by atoms with Crippen LogP contribution in [0.2, 0.25) is 5.02 Å². The van der Waals surface area contributed by atoms with Crippen molar-refractivity contribution >= 4 is 29.4 Å². The van der Waals surface area contributed by atoms with Gasteiger partial charge in [-0.2, -0.15) is 0 Å². The summed E-state index contributed by atoms with van der Waals surface area (Å²) in [5.41, 5.74) is 0. The fourth-order valence-corrected chi connectivity index (χ4v) is 4.76. The lowest BCUT2D eigenvalue weighted by Crippen LogP contribution is -2.40. The van der Waals surface area contributed by atoms with E-state index in [0.717, 1.165) is 6.42 Å². The number of amides is 2. The maximum atomic E-state index is 12.7. The van der Waals surface area contributed by atoms with Crippen LogP contribution in [0.25, 0.3) is 0 Å². The van der Waals surface area contributed by atoms with Gasteiger partial charge < -0.3 is 15.4 Å².